The van der Waals surface area contributed by atoms with Gasteiger partial charge in [0.05, 0.1) is 17.4 Å². The molecular weight excluding hydrogens is 391 g/mol. The van der Waals surface area contributed by atoms with E-state index in [0.717, 1.165) is 10.5 Å². The van der Waals surface area contributed by atoms with Crippen molar-refractivity contribution in [2.45, 2.75) is 23.6 Å². The first-order chi connectivity index (χ1) is 13.9. The number of amides is 1. The second-order valence-corrected chi connectivity index (χ2v) is 7.78. The van der Waals surface area contributed by atoms with Gasteiger partial charge < -0.3 is 14.7 Å². The molecule has 1 atom stereocenters. The van der Waals surface area contributed by atoms with Gasteiger partial charge in [-0.15, -0.1) is 11.8 Å². The smallest absolute Gasteiger partial charge is 0.252 e. The fraction of sp³-hybridized carbons (Fsp3) is 0.286. The number of likely N-dealkylation sites (N-methyl/N-ethyl adjacent to an activating group) is 1. The number of nitrogens with one attached hydrogen (secondary N) is 1. The summed E-state index contributed by atoms with van der Waals surface area (Å²) >= 11 is 1.47. The molecule has 0 fully saturated rings. The standard InChI is InChI=1S/C21H23FN4O2S/c1-14-24-20(25-28-14)13-29-19-10-5-4-9-17(19)21(27)23-12-18(26(2)3)15-7-6-8-16(22)11-15/h4-11,18H,12-13H2,1-3H3,(H,23,27). The Morgan fingerprint density at radius 2 is 2.03 bits per heavy atom. The summed E-state index contributed by atoms with van der Waals surface area (Å²) < 4.78 is 18.6. The SMILES string of the molecule is Cc1nc(CSc2ccccc2C(=O)NCC(c2cccc(F)c2)N(C)C)no1. The highest BCUT2D eigenvalue weighted by Gasteiger charge is 2.18. The lowest BCUT2D eigenvalue weighted by Crippen LogP contribution is -2.34. The van der Waals surface area contributed by atoms with E-state index in [1.54, 1.807) is 19.1 Å². The lowest BCUT2D eigenvalue weighted by atomic mass is 10.1. The van der Waals surface area contributed by atoms with Crippen molar-refractivity contribution in [3.63, 3.8) is 0 Å². The van der Waals surface area contributed by atoms with Gasteiger partial charge in [0.2, 0.25) is 5.89 Å². The first kappa shape index (κ1) is 21.0. The molecule has 3 rings (SSSR count). The summed E-state index contributed by atoms with van der Waals surface area (Å²) in [5, 5.41) is 6.86. The van der Waals surface area contributed by atoms with E-state index in [9.17, 15) is 9.18 Å². The predicted octanol–water partition coefficient (Wildman–Crippen LogP) is 3.84. The first-order valence-corrected chi connectivity index (χ1v) is 10.1. The van der Waals surface area contributed by atoms with Crippen LogP contribution in [-0.2, 0) is 5.75 Å². The summed E-state index contributed by atoms with van der Waals surface area (Å²) in [6.45, 7) is 2.10. The van der Waals surface area contributed by atoms with E-state index in [0.29, 0.717) is 29.6 Å². The highest BCUT2D eigenvalue weighted by Crippen LogP contribution is 2.26. The van der Waals surface area contributed by atoms with Gasteiger partial charge in [0.1, 0.15) is 5.82 Å². The van der Waals surface area contributed by atoms with E-state index < -0.39 is 0 Å². The molecule has 29 heavy (non-hydrogen) atoms. The molecule has 0 spiro atoms. The lowest BCUT2D eigenvalue weighted by Gasteiger charge is -2.25. The van der Waals surface area contributed by atoms with E-state index in [1.165, 1.54) is 23.9 Å². The van der Waals surface area contributed by atoms with Gasteiger partial charge in [-0.2, -0.15) is 4.98 Å². The molecule has 6 nitrogen and oxygen atoms in total. The van der Waals surface area contributed by atoms with Gasteiger partial charge in [0, 0.05) is 18.4 Å². The maximum Gasteiger partial charge on any atom is 0.252 e. The Morgan fingerprint density at radius 1 is 1.24 bits per heavy atom. The molecule has 0 bridgehead atoms. The van der Waals surface area contributed by atoms with Crippen molar-refractivity contribution in [3.8, 4) is 0 Å². The summed E-state index contributed by atoms with van der Waals surface area (Å²) in [5.74, 6) is 1.13. The molecule has 1 heterocycles. The van der Waals surface area contributed by atoms with Gasteiger partial charge in [0.25, 0.3) is 5.91 Å². The lowest BCUT2D eigenvalue weighted by molar-refractivity contribution is 0.0939. The number of hydrogen-bond acceptors (Lipinski definition) is 6. The zero-order valence-electron chi connectivity index (χ0n) is 16.6. The molecule has 8 heteroatoms. The van der Waals surface area contributed by atoms with Crippen LogP contribution in [-0.4, -0.2) is 41.6 Å². The monoisotopic (exact) mass is 414 g/mol. The quantitative estimate of drug-likeness (QED) is 0.565. The van der Waals surface area contributed by atoms with E-state index in [4.69, 9.17) is 4.52 Å². The minimum absolute atomic E-state index is 0.142. The molecule has 0 saturated carbocycles. The third-order valence-corrected chi connectivity index (χ3v) is 5.44. The minimum atomic E-state index is -0.292. The second kappa shape index (κ2) is 9.67. The summed E-state index contributed by atoms with van der Waals surface area (Å²) in [5.41, 5.74) is 1.39. The highest BCUT2D eigenvalue weighted by atomic mass is 32.2. The molecule has 0 radical (unpaired) electrons. The fourth-order valence-electron chi connectivity index (χ4n) is 2.92. The van der Waals surface area contributed by atoms with Gasteiger partial charge in [-0.1, -0.05) is 29.4 Å². The molecule has 2 aromatic carbocycles. The van der Waals surface area contributed by atoms with Gasteiger partial charge >= 0.3 is 0 Å². The van der Waals surface area contributed by atoms with Crippen LogP contribution in [0.4, 0.5) is 4.39 Å². The molecule has 0 aliphatic carbocycles. The van der Waals surface area contributed by atoms with Crippen molar-refractivity contribution in [1.29, 1.82) is 0 Å². The number of benzene rings is 2. The number of rotatable bonds is 8. The topological polar surface area (TPSA) is 71.3 Å². The average Bonchev–Trinajstić information content (AvgIpc) is 3.11. The Hall–Kier alpha value is -2.71. The molecule has 1 aromatic heterocycles. The van der Waals surface area contributed by atoms with E-state index in [-0.39, 0.29) is 17.8 Å². The number of halogens is 1. The Balaban J connectivity index is 1.68. The molecule has 152 valence electrons. The molecule has 0 aliphatic rings. The zero-order chi connectivity index (χ0) is 20.8. The van der Waals surface area contributed by atoms with Gasteiger partial charge in [-0.25, -0.2) is 4.39 Å². The van der Waals surface area contributed by atoms with Crippen molar-refractivity contribution in [3.05, 3.63) is 77.2 Å². The highest BCUT2D eigenvalue weighted by molar-refractivity contribution is 7.98. The van der Waals surface area contributed by atoms with E-state index >= 15 is 0 Å². The minimum Gasteiger partial charge on any atom is -0.350 e. The van der Waals surface area contributed by atoms with Crippen LogP contribution < -0.4 is 5.32 Å². The number of hydrogen-bond donors (Lipinski definition) is 1. The van der Waals surface area contributed by atoms with Crippen LogP contribution in [0, 0.1) is 12.7 Å². The van der Waals surface area contributed by atoms with Crippen molar-refractivity contribution in [1.82, 2.24) is 20.4 Å². The molecule has 1 N–H and O–H groups in total. The third kappa shape index (κ3) is 5.65. The summed E-state index contributed by atoms with van der Waals surface area (Å²) in [7, 11) is 3.80. The van der Waals surface area contributed by atoms with Crippen LogP contribution in [0.25, 0.3) is 0 Å². The summed E-state index contributed by atoms with van der Waals surface area (Å²) in [4.78, 5) is 19.8. The Kier molecular flexibility index (Phi) is 7.00. The zero-order valence-corrected chi connectivity index (χ0v) is 17.4. The van der Waals surface area contributed by atoms with Gasteiger partial charge in [-0.3, -0.25) is 4.79 Å². The van der Waals surface area contributed by atoms with E-state index in [1.807, 2.05) is 43.3 Å². The number of aryl methyl sites for hydroxylation is 1. The molecule has 0 aliphatic heterocycles. The molecular formula is C21H23FN4O2S. The predicted molar refractivity (Wildman–Crippen MR) is 110 cm³/mol. The van der Waals surface area contributed by atoms with Crippen molar-refractivity contribution < 1.29 is 13.7 Å². The second-order valence-electron chi connectivity index (χ2n) is 6.76. The number of aromatic nitrogens is 2. The van der Waals surface area contributed by atoms with Gasteiger partial charge in [-0.05, 0) is 43.9 Å². The van der Waals surface area contributed by atoms with Crippen LogP contribution in [0.15, 0.2) is 57.9 Å². The summed E-state index contributed by atoms with van der Waals surface area (Å²) in [6.07, 6.45) is 0. The third-order valence-electron chi connectivity index (χ3n) is 4.37. The van der Waals surface area contributed by atoms with Crippen LogP contribution >= 0.6 is 11.8 Å². The number of carbonyl (C=O) groups is 1. The maximum atomic E-state index is 13.6. The maximum absolute atomic E-state index is 13.6. The fourth-order valence-corrected chi connectivity index (χ4v) is 3.81. The molecule has 1 unspecified atom stereocenters. The molecule has 1 amide bonds. The Morgan fingerprint density at radius 3 is 2.72 bits per heavy atom. The van der Waals surface area contributed by atoms with Crippen LogP contribution in [0.3, 0.4) is 0 Å². The Labute approximate surface area is 173 Å². The number of thioether (sulfide) groups is 1. The average molecular weight is 415 g/mol. The molecule has 0 saturated heterocycles. The largest absolute Gasteiger partial charge is 0.350 e. The summed E-state index contributed by atoms with van der Waals surface area (Å²) in [6, 6.07) is 13.7. The van der Waals surface area contributed by atoms with Crippen LogP contribution in [0.2, 0.25) is 0 Å². The van der Waals surface area contributed by atoms with Crippen LogP contribution in [0.5, 0.6) is 0 Å². The Bertz CT molecular complexity index is 977. The van der Waals surface area contributed by atoms with Crippen molar-refractivity contribution in [2.75, 3.05) is 20.6 Å². The normalized spacial score (nSPS) is 12.2. The number of carbonyl (C=O) groups excluding carboxylic acids is 1. The van der Waals surface area contributed by atoms with Gasteiger partial charge in [0.15, 0.2) is 5.82 Å². The van der Waals surface area contributed by atoms with E-state index in [2.05, 4.69) is 15.5 Å². The van der Waals surface area contributed by atoms with Crippen molar-refractivity contribution in [2.24, 2.45) is 0 Å². The van der Waals surface area contributed by atoms with Crippen LogP contribution in [0.1, 0.15) is 33.7 Å². The number of nitrogens with zero attached hydrogens (tertiary/aromatic N) is 3. The van der Waals surface area contributed by atoms with Crippen molar-refractivity contribution >= 4 is 17.7 Å². The first-order valence-electron chi connectivity index (χ1n) is 9.15. The molecule has 3 aromatic rings.